The Bertz CT molecular complexity index is 194. The molecule has 1 aliphatic rings. The van der Waals surface area contributed by atoms with Gasteiger partial charge in [0, 0.05) is 5.54 Å². The zero-order chi connectivity index (χ0) is 6.85. The van der Waals surface area contributed by atoms with Crippen molar-refractivity contribution < 1.29 is 14.3 Å². The van der Waals surface area contributed by atoms with Gasteiger partial charge in [-0.15, -0.1) is 0 Å². The zero-order valence-corrected chi connectivity index (χ0v) is 5.14. The molecule has 0 aromatic rings. The third-order valence-corrected chi connectivity index (χ3v) is 1.20. The molecule has 0 spiro atoms. The third kappa shape index (κ3) is 1.10. The molecule has 0 radical (unpaired) electrons. The molecule has 1 aliphatic heterocycles. The molecule has 0 saturated carbocycles. The number of ether oxygens (including phenoxy) is 1. The first-order valence-corrected chi connectivity index (χ1v) is 2.72. The Kier molecular flexibility index (Phi) is 1.53. The molecule has 0 bridgehead atoms. The van der Waals surface area contributed by atoms with Gasteiger partial charge in [-0.1, -0.05) is 11.6 Å². The summed E-state index contributed by atoms with van der Waals surface area (Å²) in [6.07, 6.45) is 0.00231. The van der Waals surface area contributed by atoms with E-state index >= 15 is 0 Å². The van der Waals surface area contributed by atoms with Gasteiger partial charge in [0.15, 0.2) is 0 Å². The van der Waals surface area contributed by atoms with Gasteiger partial charge in [-0.05, 0) is 0 Å². The molecule has 0 amide bonds. The van der Waals surface area contributed by atoms with E-state index in [9.17, 15) is 9.59 Å². The highest BCUT2D eigenvalue weighted by molar-refractivity contribution is 6.28. The van der Waals surface area contributed by atoms with Gasteiger partial charge in [-0.25, -0.2) is 4.79 Å². The molecule has 48 valence electrons. The van der Waals surface area contributed by atoms with Crippen molar-refractivity contribution in [1.29, 1.82) is 0 Å². The summed E-state index contributed by atoms with van der Waals surface area (Å²) in [6, 6.07) is 0. The van der Waals surface area contributed by atoms with Crippen LogP contribution in [0.2, 0.25) is 0 Å². The molecule has 0 aromatic carbocycles. The lowest BCUT2D eigenvalue weighted by Gasteiger charge is -1.81. The van der Waals surface area contributed by atoms with Crippen molar-refractivity contribution in [3.63, 3.8) is 0 Å². The molecule has 1 fully saturated rings. The quantitative estimate of drug-likeness (QED) is 0.285. The average molecular weight is 147 g/mol. The predicted octanol–water partition coefficient (Wildman–Crippen LogP) is 0.583. The molecule has 4 heteroatoms. The Morgan fingerprint density at radius 2 is 2.22 bits per heavy atom. The minimum absolute atomic E-state index is 0.00231. The van der Waals surface area contributed by atoms with Crippen molar-refractivity contribution >= 4 is 23.5 Å². The van der Waals surface area contributed by atoms with E-state index in [1.807, 2.05) is 0 Å². The monoisotopic (exact) mass is 146 g/mol. The Morgan fingerprint density at radius 3 is 2.44 bits per heavy atom. The Balaban J connectivity index is 2.81. The SMILES string of the molecule is O=C1C/C(=C/Cl)C(=O)O1. The summed E-state index contributed by atoms with van der Waals surface area (Å²) in [7, 11) is 0. The van der Waals surface area contributed by atoms with Gasteiger partial charge in [0.05, 0.1) is 12.0 Å². The van der Waals surface area contributed by atoms with Gasteiger partial charge in [0.2, 0.25) is 0 Å². The summed E-state index contributed by atoms with van der Waals surface area (Å²) in [5.41, 5.74) is 1.29. The summed E-state index contributed by atoms with van der Waals surface area (Å²) < 4.78 is 4.13. The van der Waals surface area contributed by atoms with Crippen molar-refractivity contribution in [2.75, 3.05) is 0 Å². The third-order valence-electron chi connectivity index (χ3n) is 0.935. The van der Waals surface area contributed by atoms with Crippen LogP contribution in [0.1, 0.15) is 6.42 Å². The summed E-state index contributed by atoms with van der Waals surface area (Å²) in [5.74, 6) is -1.16. The minimum Gasteiger partial charge on any atom is -0.389 e. The van der Waals surface area contributed by atoms with Crippen molar-refractivity contribution in [2.45, 2.75) is 6.42 Å². The van der Waals surface area contributed by atoms with E-state index in [1.54, 1.807) is 0 Å². The van der Waals surface area contributed by atoms with Crippen molar-refractivity contribution in [3.05, 3.63) is 11.1 Å². The fourth-order valence-electron chi connectivity index (χ4n) is 0.516. The lowest BCUT2D eigenvalue weighted by atomic mass is 10.3. The molecule has 1 rings (SSSR count). The van der Waals surface area contributed by atoms with E-state index in [4.69, 9.17) is 11.6 Å². The van der Waals surface area contributed by atoms with E-state index in [1.165, 1.54) is 0 Å². The van der Waals surface area contributed by atoms with Crippen molar-refractivity contribution in [1.82, 2.24) is 0 Å². The first-order chi connectivity index (χ1) is 4.24. The van der Waals surface area contributed by atoms with Gasteiger partial charge >= 0.3 is 11.9 Å². The zero-order valence-electron chi connectivity index (χ0n) is 4.39. The van der Waals surface area contributed by atoms with Crippen LogP contribution in [0, 0.1) is 0 Å². The second kappa shape index (κ2) is 2.19. The Hall–Kier alpha value is -0.830. The number of cyclic esters (lactones) is 2. The number of halogens is 1. The first kappa shape index (κ1) is 6.29. The molecular weight excluding hydrogens is 144 g/mol. The van der Waals surface area contributed by atoms with Crippen LogP contribution in [-0.4, -0.2) is 11.9 Å². The largest absolute Gasteiger partial charge is 0.389 e. The standard InChI is InChI=1S/C5H3ClO3/c6-2-3-1-4(7)9-5(3)8/h2H,1H2/b3-2-. The van der Waals surface area contributed by atoms with E-state index in [2.05, 4.69) is 4.74 Å². The number of hydrogen-bond donors (Lipinski definition) is 0. The summed E-state index contributed by atoms with van der Waals surface area (Å²) in [4.78, 5) is 20.7. The topological polar surface area (TPSA) is 43.4 Å². The number of carbonyl (C=O) groups is 2. The number of hydrogen-bond acceptors (Lipinski definition) is 3. The van der Waals surface area contributed by atoms with Crippen LogP contribution in [0.4, 0.5) is 0 Å². The molecule has 0 unspecified atom stereocenters. The van der Waals surface area contributed by atoms with Crippen LogP contribution in [-0.2, 0) is 14.3 Å². The van der Waals surface area contributed by atoms with Crippen LogP contribution in [0.15, 0.2) is 11.1 Å². The van der Waals surface area contributed by atoms with Gasteiger partial charge in [-0.2, -0.15) is 0 Å². The molecule has 3 nitrogen and oxygen atoms in total. The Morgan fingerprint density at radius 1 is 1.56 bits per heavy atom. The molecule has 0 atom stereocenters. The fraction of sp³-hybridized carbons (Fsp3) is 0.200. The number of esters is 2. The van der Waals surface area contributed by atoms with E-state index in [0.29, 0.717) is 0 Å². The molecular formula is C5H3ClO3. The second-order valence-electron chi connectivity index (χ2n) is 1.57. The van der Waals surface area contributed by atoms with E-state index in [0.717, 1.165) is 5.54 Å². The highest BCUT2D eigenvalue weighted by Crippen LogP contribution is 2.14. The fourth-order valence-corrected chi connectivity index (χ4v) is 0.682. The minimum atomic E-state index is -0.630. The maximum absolute atomic E-state index is 10.4. The molecule has 0 aromatic heterocycles. The van der Waals surface area contributed by atoms with Gasteiger partial charge in [0.25, 0.3) is 0 Å². The molecule has 0 N–H and O–H groups in total. The average Bonchev–Trinajstić information content (AvgIpc) is 2.10. The molecule has 9 heavy (non-hydrogen) atoms. The number of rotatable bonds is 0. The van der Waals surface area contributed by atoms with E-state index in [-0.39, 0.29) is 12.0 Å². The van der Waals surface area contributed by atoms with Crippen molar-refractivity contribution in [2.24, 2.45) is 0 Å². The first-order valence-electron chi connectivity index (χ1n) is 2.28. The maximum Gasteiger partial charge on any atom is 0.343 e. The van der Waals surface area contributed by atoms with Crippen LogP contribution in [0.25, 0.3) is 0 Å². The summed E-state index contributed by atoms with van der Waals surface area (Å²) in [5, 5.41) is 0. The maximum atomic E-state index is 10.4. The van der Waals surface area contributed by atoms with Crippen LogP contribution in [0.3, 0.4) is 0 Å². The highest BCUT2D eigenvalue weighted by Gasteiger charge is 2.26. The molecule has 1 heterocycles. The molecule has 0 aliphatic carbocycles. The Labute approximate surface area is 56.2 Å². The molecule has 1 saturated heterocycles. The van der Waals surface area contributed by atoms with Crippen molar-refractivity contribution in [3.8, 4) is 0 Å². The smallest absolute Gasteiger partial charge is 0.343 e. The van der Waals surface area contributed by atoms with E-state index < -0.39 is 11.9 Å². The van der Waals surface area contributed by atoms with Crippen LogP contribution < -0.4 is 0 Å². The predicted molar refractivity (Wildman–Crippen MR) is 29.7 cm³/mol. The lowest BCUT2D eigenvalue weighted by molar-refractivity contribution is -0.151. The number of carbonyl (C=O) groups excluding carboxylic acids is 2. The highest BCUT2D eigenvalue weighted by atomic mass is 35.5. The second-order valence-corrected chi connectivity index (χ2v) is 1.79. The summed E-state index contributed by atoms with van der Waals surface area (Å²) in [6.45, 7) is 0. The van der Waals surface area contributed by atoms with Crippen LogP contribution >= 0.6 is 11.6 Å². The van der Waals surface area contributed by atoms with Gasteiger partial charge in [-0.3, -0.25) is 4.79 Å². The van der Waals surface area contributed by atoms with Crippen LogP contribution in [0.5, 0.6) is 0 Å². The normalized spacial score (nSPS) is 23.0. The van der Waals surface area contributed by atoms with Gasteiger partial charge < -0.3 is 4.74 Å². The lowest BCUT2D eigenvalue weighted by Crippen LogP contribution is -1.96. The summed E-state index contributed by atoms with van der Waals surface area (Å²) >= 11 is 5.15. The van der Waals surface area contributed by atoms with Gasteiger partial charge in [0.1, 0.15) is 0 Å².